The number of hydrogen-bond acceptors (Lipinski definition) is 3. The van der Waals surface area contributed by atoms with Gasteiger partial charge in [-0.15, -0.1) is 0 Å². The Morgan fingerprint density at radius 3 is 2.83 bits per heavy atom. The van der Waals surface area contributed by atoms with Crippen molar-refractivity contribution >= 4 is 39.4 Å². The highest BCUT2D eigenvalue weighted by Gasteiger charge is 2.31. The van der Waals surface area contributed by atoms with E-state index in [2.05, 4.69) is 20.9 Å². The summed E-state index contributed by atoms with van der Waals surface area (Å²) in [7, 11) is 0. The molecule has 1 amide bonds. The minimum Gasteiger partial charge on any atom is -0.443 e. The number of carbonyl (C=O) groups excluding carboxylic acids is 1. The van der Waals surface area contributed by atoms with Gasteiger partial charge in [-0.2, -0.15) is 0 Å². The molecule has 0 aromatic carbocycles. The number of anilines is 1. The van der Waals surface area contributed by atoms with Crippen LogP contribution in [-0.4, -0.2) is 23.2 Å². The molecule has 6 heteroatoms. The fraction of sp³-hybridized carbons (Fsp3) is 0.500. The highest BCUT2D eigenvalue weighted by molar-refractivity contribution is 9.10. The first-order chi connectivity index (χ1) is 8.28. The molecular formula is C12H14BrClN2O2. The number of aromatic nitrogens is 1. The van der Waals surface area contributed by atoms with Gasteiger partial charge >= 0.3 is 6.09 Å². The zero-order valence-electron chi connectivity index (χ0n) is 10.5. The summed E-state index contributed by atoms with van der Waals surface area (Å²) in [5, 5.41) is 0.357. The maximum atomic E-state index is 12.1. The number of rotatable bonds is 0. The molecule has 0 N–H and O–H groups in total. The summed E-state index contributed by atoms with van der Waals surface area (Å²) in [4.78, 5) is 17.8. The Morgan fingerprint density at radius 2 is 2.22 bits per heavy atom. The van der Waals surface area contributed by atoms with Crippen molar-refractivity contribution in [3.05, 3.63) is 21.3 Å². The third-order valence-corrected chi connectivity index (χ3v) is 3.37. The van der Waals surface area contributed by atoms with Crippen molar-refractivity contribution in [2.75, 3.05) is 11.4 Å². The molecule has 0 aliphatic carbocycles. The third-order valence-electron chi connectivity index (χ3n) is 2.47. The van der Waals surface area contributed by atoms with Gasteiger partial charge in [0.05, 0.1) is 0 Å². The Balaban J connectivity index is 2.29. The second-order valence-electron chi connectivity index (χ2n) is 5.11. The van der Waals surface area contributed by atoms with Crippen molar-refractivity contribution in [1.82, 2.24) is 4.98 Å². The Hall–Kier alpha value is -0.810. The lowest BCUT2D eigenvalue weighted by Crippen LogP contribution is -2.36. The molecule has 0 bridgehead atoms. The zero-order valence-corrected chi connectivity index (χ0v) is 12.8. The Morgan fingerprint density at radius 1 is 1.56 bits per heavy atom. The lowest BCUT2D eigenvalue weighted by Gasteiger charge is -2.24. The van der Waals surface area contributed by atoms with Gasteiger partial charge in [-0.3, -0.25) is 4.90 Å². The lowest BCUT2D eigenvalue weighted by molar-refractivity contribution is 0.0583. The summed E-state index contributed by atoms with van der Waals surface area (Å²) in [6, 6.07) is 1.74. The van der Waals surface area contributed by atoms with Gasteiger partial charge in [-0.1, -0.05) is 27.5 Å². The van der Waals surface area contributed by atoms with E-state index in [-0.39, 0.29) is 6.09 Å². The van der Waals surface area contributed by atoms with E-state index in [9.17, 15) is 4.79 Å². The van der Waals surface area contributed by atoms with Crippen LogP contribution in [0, 0.1) is 0 Å². The second kappa shape index (κ2) is 4.70. The van der Waals surface area contributed by atoms with Crippen molar-refractivity contribution in [2.24, 2.45) is 0 Å². The predicted molar refractivity (Wildman–Crippen MR) is 74.2 cm³/mol. The Bertz CT molecular complexity index is 500. The number of amides is 1. The quantitative estimate of drug-likeness (QED) is 0.678. The van der Waals surface area contributed by atoms with Crippen LogP contribution < -0.4 is 4.90 Å². The molecule has 4 nitrogen and oxygen atoms in total. The average Bonchev–Trinajstić information content (AvgIpc) is 2.58. The summed E-state index contributed by atoms with van der Waals surface area (Å²) in [5.41, 5.74) is 0.473. The van der Waals surface area contributed by atoms with Crippen molar-refractivity contribution in [3.8, 4) is 0 Å². The molecule has 0 saturated carbocycles. The maximum absolute atomic E-state index is 12.1. The van der Waals surface area contributed by atoms with E-state index < -0.39 is 5.60 Å². The molecule has 0 spiro atoms. The Labute approximate surface area is 119 Å². The van der Waals surface area contributed by atoms with Crippen LogP contribution in [0.2, 0.25) is 5.15 Å². The number of fused-ring (bicyclic) bond motifs is 1. The van der Waals surface area contributed by atoms with E-state index in [0.717, 1.165) is 16.5 Å². The van der Waals surface area contributed by atoms with Crippen LogP contribution in [-0.2, 0) is 11.2 Å². The molecular weight excluding hydrogens is 320 g/mol. The molecule has 2 heterocycles. The molecule has 0 radical (unpaired) electrons. The van der Waals surface area contributed by atoms with Crippen LogP contribution in [0.3, 0.4) is 0 Å². The largest absolute Gasteiger partial charge is 0.443 e. The van der Waals surface area contributed by atoms with Crippen molar-refractivity contribution in [3.63, 3.8) is 0 Å². The van der Waals surface area contributed by atoms with Crippen LogP contribution in [0.5, 0.6) is 0 Å². The molecule has 1 aliphatic rings. The first-order valence-electron chi connectivity index (χ1n) is 5.63. The molecule has 0 atom stereocenters. The third kappa shape index (κ3) is 2.78. The zero-order chi connectivity index (χ0) is 13.5. The van der Waals surface area contributed by atoms with E-state index in [1.165, 1.54) is 4.90 Å². The van der Waals surface area contributed by atoms with Gasteiger partial charge in [0.15, 0.2) is 0 Å². The standard InChI is InChI=1S/C12H14BrClN2O2/c1-12(2,3)18-11(17)16-5-4-7-8(13)6-9(14)15-10(7)16/h6H,4-5H2,1-3H3. The molecule has 0 fully saturated rings. The van der Waals surface area contributed by atoms with Crippen LogP contribution >= 0.6 is 27.5 Å². The van der Waals surface area contributed by atoms with Gasteiger partial charge in [0.2, 0.25) is 0 Å². The molecule has 18 heavy (non-hydrogen) atoms. The van der Waals surface area contributed by atoms with E-state index in [1.54, 1.807) is 6.07 Å². The first-order valence-corrected chi connectivity index (χ1v) is 6.80. The lowest BCUT2D eigenvalue weighted by atomic mass is 10.2. The number of pyridine rings is 1. The summed E-state index contributed by atoms with van der Waals surface area (Å²) < 4.78 is 6.23. The number of ether oxygens (including phenoxy) is 1. The monoisotopic (exact) mass is 332 g/mol. The fourth-order valence-electron chi connectivity index (χ4n) is 1.78. The summed E-state index contributed by atoms with van der Waals surface area (Å²) in [6.07, 6.45) is 0.363. The highest BCUT2D eigenvalue weighted by atomic mass is 79.9. The molecule has 98 valence electrons. The number of hydrogen-bond donors (Lipinski definition) is 0. The van der Waals surface area contributed by atoms with Gasteiger partial charge in [0, 0.05) is 16.6 Å². The van der Waals surface area contributed by atoms with Crippen molar-refractivity contribution < 1.29 is 9.53 Å². The minimum atomic E-state index is -0.518. The highest BCUT2D eigenvalue weighted by Crippen LogP contribution is 2.34. The summed E-state index contributed by atoms with van der Waals surface area (Å²) in [6.45, 7) is 6.08. The maximum Gasteiger partial charge on any atom is 0.416 e. The molecule has 0 saturated heterocycles. The number of carbonyl (C=O) groups is 1. The van der Waals surface area contributed by atoms with Crippen molar-refractivity contribution in [1.29, 1.82) is 0 Å². The fourth-order valence-corrected chi connectivity index (χ4v) is 2.69. The van der Waals surface area contributed by atoms with E-state index in [1.807, 2.05) is 20.8 Å². The summed E-state index contributed by atoms with van der Waals surface area (Å²) >= 11 is 9.34. The van der Waals surface area contributed by atoms with Gasteiger partial charge in [-0.05, 0) is 33.3 Å². The van der Waals surface area contributed by atoms with Gasteiger partial charge < -0.3 is 4.74 Å². The predicted octanol–water partition coefficient (Wildman–Crippen LogP) is 3.80. The van der Waals surface area contributed by atoms with E-state index in [4.69, 9.17) is 16.3 Å². The Kier molecular flexibility index (Phi) is 3.56. The SMILES string of the molecule is CC(C)(C)OC(=O)N1CCc2c(Br)cc(Cl)nc21. The van der Waals surface area contributed by atoms with Crippen LogP contribution in [0.15, 0.2) is 10.5 Å². The average molecular weight is 334 g/mol. The topological polar surface area (TPSA) is 42.4 Å². The van der Waals surface area contributed by atoms with E-state index in [0.29, 0.717) is 17.5 Å². The molecule has 1 aromatic heterocycles. The molecule has 2 rings (SSSR count). The smallest absolute Gasteiger partial charge is 0.416 e. The normalized spacial score (nSPS) is 14.6. The summed E-state index contributed by atoms with van der Waals surface area (Å²) in [5.74, 6) is 0.587. The van der Waals surface area contributed by atoms with Gasteiger partial charge in [0.1, 0.15) is 16.6 Å². The number of halogens is 2. The molecule has 1 aliphatic heterocycles. The minimum absolute atomic E-state index is 0.357. The second-order valence-corrected chi connectivity index (χ2v) is 6.35. The molecule has 0 unspecified atom stereocenters. The van der Waals surface area contributed by atoms with Gasteiger partial charge in [-0.25, -0.2) is 9.78 Å². The van der Waals surface area contributed by atoms with Crippen LogP contribution in [0.1, 0.15) is 26.3 Å². The van der Waals surface area contributed by atoms with Gasteiger partial charge in [0.25, 0.3) is 0 Å². The van der Waals surface area contributed by atoms with E-state index >= 15 is 0 Å². The number of nitrogens with zero attached hydrogens (tertiary/aromatic N) is 2. The first kappa shape index (κ1) is 13.6. The van der Waals surface area contributed by atoms with Crippen molar-refractivity contribution in [2.45, 2.75) is 32.8 Å². The molecule has 1 aromatic rings. The van der Waals surface area contributed by atoms with Crippen LogP contribution in [0.25, 0.3) is 0 Å². The van der Waals surface area contributed by atoms with Crippen LogP contribution in [0.4, 0.5) is 10.6 Å².